The van der Waals surface area contributed by atoms with E-state index >= 15 is 0 Å². The molecule has 44 heavy (non-hydrogen) atoms. The number of nitrogens with two attached hydrogens (primary N) is 1. The van der Waals surface area contributed by atoms with E-state index < -0.39 is 62.0 Å². The number of aliphatic carboxylic acids is 2. The topological polar surface area (TPSA) is 313 Å². The molecule has 0 heterocycles. The van der Waals surface area contributed by atoms with Gasteiger partial charge in [-0.2, -0.15) is 0 Å². The number of anilines is 1. The molecule has 2 aromatic rings. The first-order valence-electron chi connectivity index (χ1n) is 12.1. The minimum absolute atomic E-state index is 0.0643. The third-order valence-electron chi connectivity index (χ3n) is 4.69. The van der Waals surface area contributed by atoms with E-state index in [1.807, 2.05) is 5.32 Å². The molecule has 0 fully saturated rings. The fourth-order valence-corrected chi connectivity index (χ4v) is 3.30. The second kappa shape index (κ2) is 19.1. The minimum atomic E-state index is -4.28. The van der Waals surface area contributed by atoms with E-state index in [1.54, 1.807) is 31.2 Å². The van der Waals surface area contributed by atoms with Crippen LogP contribution in [0.5, 0.6) is 0 Å². The van der Waals surface area contributed by atoms with E-state index in [9.17, 15) is 33.3 Å². The summed E-state index contributed by atoms with van der Waals surface area (Å²) in [5.74, 6) is -5.41. The summed E-state index contributed by atoms with van der Waals surface area (Å²) < 4.78 is 15.0. The van der Waals surface area contributed by atoms with Gasteiger partial charge >= 0.3 is 31.5 Å². The van der Waals surface area contributed by atoms with Gasteiger partial charge in [-0.1, -0.05) is 17.3 Å². The van der Waals surface area contributed by atoms with Gasteiger partial charge in [-0.25, -0.2) is 9.59 Å². The van der Waals surface area contributed by atoms with Crippen molar-refractivity contribution in [1.82, 2.24) is 5.32 Å². The number of ether oxygens (including phenoxy) is 1. The zero-order valence-corrected chi connectivity index (χ0v) is 24.1. The number of benzene rings is 2. The Morgan fingerprint density at radius 1 is 0.955 bits per heavy atom. The molecule has 18 nitrogen and oxygen atoms in total. The van der Waals surface area contributed by atoms with Crippen LogP contribution in [0.1, 0.15) is 44.9 Å². The zero-order chi connectivity index (χ0) is 34.0. The van der Waals surface area contributed by atoms with Crippen LogP contribution in [0.25, 0.3) is 0 Å². The molecule has 10 N–H and O–H groups in total. The summed E-state index contributed by atoms with van der Waals surface area (Å²) in [6.45, 7) is 2.78. The highest BCUT2D eigenvalue weighted by atomic mass is 31.2. The van der Waals surface area contributed by atoms with Gasteiger partial charge < -0.3 is 51.4 Å². The third-order valence-corrected chi connectivity index (χ3v) is 5.56. The van der Waals surface area contributed by atoms with Gasteiger partial charge in [-0.05, 0) is 50.2 Å². The number of aromatic carboxylic acids is 1. The van der Waals surface area contributed by atoms with Crippen LogP contribution in [-0.4, -0.2) is 97.1 Å². The number of hydrogen-bond donors (Lipinski definition) is 9. The number of amides is 2. The van der Waals surface area contributed by atoms with Crippen molar-refractivity contribution in [3.05, 3.63) is 65.2 Å². The van der Waals surface area contributed by atoms with E-state index in [-0.39, 0.29) is 23.4 Å². The maximum Gasteiger partial charge on any atom is 0.338 e. The predicted octanol–water partition coefficient (Wildman–Crippen LogP) is 0.427. The molecule has 1 unspecified atom stereocenters. The predicted molar refractivity (Wildman–Crippen MR) is 152 cm³/mol. The lowest BCUT2D eigenvalue weighted by molar-refractivity contribution is -0.138. The Morgan fingerprint density at radius 3 is 1.91 bits per heavy atom. The van der Waals surface area contributed by atoms with E-state index in [4.69, 9.17) is 40.8 Å². The van der Waals surface area contributed by atoms with Crippen LogP contribution in [0.15, 0.2) is 53.7 Å². The van der Waals surface area contributed by atoms with E-state index in [2.05, 4.69) is 10.5 Å². The van der Waals surface area contributed by atoms with Gasteiger partial charge in [0.2, 0.25) is 0 Å². The number of esters is 1. The molecule has 0 aliphatic heterocycles. The fraction of sp³-hybridized carbons (Fsp3) is 0.240. The summed E-state index contributed by atoms with van der Waals surface area (Å²) in [4.78, 5) is 81.7. The molecule has 240 valence electrons. The van der Waals surface area contributed by atoms with Gasteiger partial charge in [-0.3, -0.25) is 23.7 Å². The molecule has 0 saturated carbocycles. The number of rotatable bonds is 11. The number of oxime groups is 1. The van der Waals surface area contributed by atoms with Gasteiger partial charge in [0.25, 0.3) is 11.8 Å². The van der Waals surface area contributed by atoms with E-state index in [1.165, 1.54) is 31.2 Å². The molecule has 0 aromatic heterocycles. The Labute approximate surface area is 249 Å². The van der Waals surface area contributed by atoms with Crippen LogP contribution in [-0.2, 0) is 23.7 Å². The van der Waals surface area contributed by atoms with Crippen LogP contribution < -0.4 is 16.4 Å². The third kappa shape index (κ3) is 15.7. The molecule has 2 rings (SSSR count). The standard InChI is InChI=1S/C17H15NO5.C5H8N2O4.C3H8NO5P/c1-2-23-17(22)11-7-9-12(10-8-11)18-15(19)13-5-3-4-6-14(13)16(20)21;1-3(7-11)5(10)6-2-4(8)9;4-2(3(5)6)1-10(7,8)9/h3-10H,2H2,1H3,(H,18,19)(H,20,21);11H,2H2,1H3,(H,6,10)(H,8,9);2H,1,4H2,(H,5,6)(H2,7,8,9)/b;7-3-;. The molecule has 2 aromatic carbocycles. The van der Waals surface area contributed by atoms with Crippen molar-refractivity contribution in [2.24, 2.45) is 10.9 Å². The van der Waals surface area contributed by atoms with Gasteiger partial charge in [-0.15, -0.1) is 0 Å². The summed E-state index contributed by atoms with van der Waals surface area (Å²) in [5.41, 5.74) is 5.44. The number of nitrogens with zero attached hydrogens (tertiary/aromatic N) is 1. The molecular weight excluding hydrogens is 611 g/mol. The second-order valence-corrected chi connectivity index (χ2v) is 9.85. The Balaban J connectivity index is 0.000000736. The monoisotopic (exact) mass is 642 g/mol. The molecular formula is C25H31N4O14P. The van der Waals surface area contributed by atoms with Crippen molar-refractivity contribution >= 4 is 54.7 Å². The number of nitrogens with one attached hydrogen (secondary N) is 2. The molecule has 0 radical (unpaired) electrons. The summed E-state index contributed by atoms with van der Waals surface area (Å²) in [6.07, 6.45) is -0.817. The lowest BCUT2D eigenvalue weighted by atomic mass is 10.1. The van der Waals surface area contributed by atoms with Crippen molar-refractivity contribution in [3.8, 4) is 0 Å². The van der Waals surface area contributed by atoms with E-state index in [0.717, 1.165) is 0 Å². The lowest BCUT2D eigenvalue weighted by Gasteiger charge is -2.08. The van der Waals surface area contributed by atoms with Gasteiger partial charge in [0.1, 0.15) is 18.3 Å². The van der Waals surface area contributed by atoms with Crippen LogP contribution in [0.3, 0.4) is 0 Å². The largest absolute Gasteiger partial charge is 0.480 e. The molecule has 0 bridgehead atoms. The SMILES string of the molecule is C/C(=N/O)C(=O)NCC(=O)O.CCOC(=O)c1ccc(NC(=O)c2ccccc2C(=O)O)cc1.NC(CP(=O)(O)O)C(=O)O. The summed E-state index contributed by atoms with van der Waals surface area (Å²) >= 11 is 0. The van der Waals surface area contributed by atoms with Gasteiger partial charge in [0.05, 0.1) is 29.5 Å². The zero-order valence-electron chi connectivity index (χ0n) is 23.2. The van der Waals surface area contributed by atoms with Crippen molar-refractivity contribution in [1.29, 1.82) is 0 Å². The summed E-state index contributed by atoms with van der Waals surface area (Å²) in [7, 11) is -4.28. The average molecular weight is 643 g/mol. The molecule has 2 amide bonds. The highest BCUT2D eigenvalue weighted by Gasteiger charge is 2.23. The minimum Gasteiger partial charge on any atom is -0.480 e. The molecule has 19 heteroatoms. The fourth-order valence-electron chi connectivity index (χ4n) is 2.63. The quantitative estimate of drug-likeness (QED) is 0.0527. The smallest absolute Gasteiger partial charge is 0.338 e. The second-order valence-electron chi connectivity index (χ2n) is 8.16. The Morgan fingerprint density at radius 2 is 1.50 bits per heavy atom. The average Bonchev–Trinajstić information content (AvgIpc) is 2.95. The van der Waals surface area contributed by atoms with Crippen molar-refractivity contribution in [2.45, 2.75) is 19.9 Å². The number of carbonyl (C=O) groups is 6. The van der Waals surface area contributed by atoms with Crippen LogP contribution in [0, 0.1) is 0 Å². The number of carboxylic acids is 3. The highest BCUT2D eigenvalue weighted by molar-refractivity contribution is 7.51. The first-order chi connectivity index (χ1) is 20.4. The first-order valence-corrected chi connectivity index (χ1v) is 13.9. The normalized spacial score (nSPS) is 11.2. The molecule has 0 spiro atoms. The van der Waals surface area contributed by atoms with Crippen LogP contribution in [0.2, 0.25) is 0 Å². The highest BCUT2D eigenvalue weighted by Crippen LogP contribution is 2.34. The molecule has 0 aliphatic rings. The number of carbonyl (C=O) groups excluding carboxylic acids is 3. The van der Waals surface area contributed by atoms with Gasteiger partial charge in [0, 0.05) is 5.69 Å². The van der Waals surface area contributed by atoms with Crippen LogP contribution in [0.4, 0.5) is 5.69 Å². The Kier molecular flexibility index (Phi) is 16.9. The Bertz CT molecular complexity index is 1410. The maximum absolute atomic E-state index is 12.2. The lowest BCUT2D eigenvalue weighted by Crippen LogP contribution is -2.33. The molecule has 1 atom stereocenters. The summed E-state index contributed by atoms with van der Waals surface area (Å²) in [5, 5.41) is 40.5. The number of hydrogen-bond acceptors (Lipinski definition) is 11. The van der Waals surface area contributed by atoms with E-state index in [0.29, 0.717) is 11.3 Å². The van der Waals surface area contributed by atoms with Gasteiger partial charge in [0.15, 0.2) is 0 Å². The summed E-state index contributed by atoms with van der Waals surface area (Å²) in [6, 6.07) is 10.6. The van der Waals surface area contributed by atoms with Crippen molar-refractivity contribution in [2.75, 3.05) is 24.6 Å². The first kappa shape index (κ1) is 38.8. The molecule has 0 aliphatic carbocycles. The van der Waals surface area contributed by atoms with Crippen molar-refractivity contribution < 1.29 is 68.4 Å². The maximum atomic E-state index is 12.2. The number of carboxylic acid groups (broad SMARTS) is 3. The van der Waals surface area contributed by atoms with Crippen molar-refractivity contribution in [3.63, 3.8) is 0 Å². The molecule has 0 saturated heterocycles. The Hall–Kier alpha value is -5.16. The van der Waals surface area contributed by atoms with Crippen LogP contribution >= 0.6 is 7.60 Å².